The molecule has 0 bridgehead atoms. The fourth-order valence-electron chi connectivity index (χ4n) is 1.64. The van der Waals surface area contributed by atoms with E-state index in [4.69, 9.17) is 0 Å². The molecule has 3 nitrogen and oxygen atoms in total. The summed E-state index contributed by atoms with van der Waals surface area (Å²) in [5.41, 5.74) is 2.57. The summed E-state index contributed by atoms with van der Waals surface area (Å²) in [7, 11) is 1.80. The van der Waals surface area contributed by atoms with Gasteiger partial charge in [0, 0.05) is 24.6 Å². The van der Waals surface area contributed by atoms with Gasteiger partial charge in [0.15, 0.2) is 5.96 Å². The van der Waals surface area contributed by atoms with Gasteiger partial charge in [-0.3, -0.25) is 4.99 Å². The van der Waals surface area contributed by atoms with Crippen molar-refractivity contribution >= 4 is 45.9 Å². The van der Waals surface area contributed by atoms with Crippen LogP contribution in [0.2, 0.25) is 0 Å². The van der Waals surface area contributed by atoms with Gasteiger partial charge in [0.1, 0.15) is 0 Å². The van der Waals surface area contributed by atoms with E-state index in [-0.39, 0.29) is 24.0 Å². The fourth-order valence-corrected chi connectivity index (χ4v) is 2.12. The van der Waals surface area contributed by atoms with Crippen LogP contribution in [0.25, 0.3) is 0 Å². The van der Waals surface area contributed by atoms with Crippen molar-refractivity contribution in [3.8, 4) is 0 Å². The minimum absolute atomic E-state index is 0. The highest BCUT2D eigenvalue weighted by atomic mass is 127. The van der Waals surface area contributed by atoms with Gasteiger partial charge in [0.25, 0.3) is 0 Å². The second-order valence-corrected chi connectivity index (χ2v) is 5.19. The van der Waals surface area contributed by atoms with Crippen molar-refractivity contribution in [2.75, 3.05) is 13.6 Å². The first kappa shape index (κ1) is 18.7. The van der Waals surface area contributed by atoms with E-state index in [9.17, 15) is 0 Å². The fraction of sp³-hybridized carbons (Fsp3) is 0.500. The highest BCUT2D eigenvalue weighted by Crippen LogP contribution is 2.15. The quantitative estimate of drug-likeness (QED) is 0.316. The largest absolute Gasteiger partial charge is 0.356 e. The van der Waals surface area contributed by atoms with Gasteiger partial charge >= 0.3 is 0 Å². The van der Waals surface area contributed by atoms with E-state index >= 15 is 0 Å². The van der Waals surface area contributed by atoms with E-state index in [2.05, 4.69) is 63.6 Å². The molecule has 2 N–H and O–H groups in total. The Kier molecular flexibility index (Phi) is 10.3. The van der Waals surface area contributed by atoms with Gasteiger partial charge in [-0.25, -0.2) is 0 Å². The van der Waals surface area contributed by atoms with E-state index in [1.807, 2.05) is 0 Å². The van der Waals surface area contributed by atoms with Gasteiger partial charge in [0.2, 0.25) is 0 Å². The van der Waals surface area contributed by atoms with Crippen molar-refractivity contribution in [3.05, 3.63) is 33.8 Å². The Morgan fingerprint density at radius 1 is 1.32 bits per heavy atom. The molecule has 0 atom stereocenters. The molecule has 108 valence electrons. The average molecular weight is 440 g/mol. The predicted molar refractivity (Wildman–Crippen MR) is 97.4 cm³/mol. The third-order valence-electron chi connectivity index (χ3n) is 2.80. The number of unbranched alkanes of at least 4 members (excludes halogenated alkanes) is 1. The second-order valence-electron chi connectivity index (χ2n) is 4.28. The van der Waals surface area contributed by atoms with Crippen LogP contribution in [0, 0.1) is 6.92 Å². The standard InChI is InChI=1S/C14H22BrN3.HI/c1-4-5-8-17-14(16-3)18-10-12-6-7-13(15)9-11(12)2;/h6-7,9H,4-5,8,10H2,1-3H3,(H2,16,17,18);1H. The summed E-state index contributed by atoms with van der Waals surface area (Å²) < 4.78 is 1.12. The number of rotatable bonds is 5. The number of hydrogen-bond donors (Lipinski definition) is 2. The van der Waals surface area contributed by atoms with Crippen LogP contribution < -0.4 is 10.6 Å². The molecule has 0 fully saturated rings. The zero-order valence-corrected chi connectivity index (χ0v) is 15.7. The van der Waals surface area contributed by atoms with E-state index < -0.39 is 0 Å². The van der Waals surface area contributed by atoms with Crippen molar-refractivity contribution in [2.45, 2.75) is 33.2 Å². The molecular formula is C14H23BrIN3. The molecule has 0 aliphatic rings. The number of hydrogen-bond acceptors (Lipinski definition) is 1. The molecule has 1 aromatic carbocycles. The summed E-state index contributed by atoms with van der Waals surface area (Å²) in [6, 6.07) is 6.33. The molecule has 19 heavy (non-hydrogen) atoms. The van der Waals surface area contributed by atoms with Crippen molar-refractivity contribution in [3.63, 3.8) is 0 Å². The van der Waals surface area contributed by atoms with Crippen molar-refractivity contribution in [1.82, 2.24) is 10.6 Å². The Morgan fingerprint density at radius 2 is 2.05 bits per heavy atom. The summed E-state index contributed by atoms with van der Waals surface area (Å²) in [5, 5.41) is 6.63. The first-order valence-electron chi connectivity index (χ1n) is 6.37. The highest BCUT2D eigenvalue weighted by Gasteiger charge is 2.01. The normalized spacial score (nSPS) is 10.8. The molecule has 0 saturated heterocycles. The van der Waals surface area contributed by atoms with Gasteiger partial charge in [0.05, 0.1) is 0 Å². The van der Waals surface area contributed by atoms with Crippen LogP contribution in [0.5, 0.6) is 0 Å². The third-order valence-corrected chi connectivity index (χ3v) is 3.29. The monoisotopic (exact) mass is 439 g/mol. The van der Waals surface area contributed by atoms with Crippen LogP contribution in [0.1, 0.15) is 30.9 Å². The number of aryl methyl sites for hydroxylation is 1. The van der Waals surface area contributed by atoms with Gasteiger partial charge < -0.3 is 10.6 Å². The lowest BCUT2D eigenvalue weighted by molar-refractivity contribution is 0.728. The van der Waals surface area contributed by atoms with Gasteiger partial charge in [-0.15, -0.1) is 24.0 Å². The number of halogens is 2. The Hall–Kier alpha value is -0.300. The van der Waals surface area contributed by atoms with Crippen LogP contribution in [0.15, 0.2) is 27.7 Å². The zero-order valence-electron chi connectivity index (χ0n) is 11.8. The van der Waals surface area contributed by atoms with Gasteiger partial charge in [-0.1, -0.05) is 35.3 Å². The van der Waals surface area contributed by atoms with Crippen LogP contribution in [-0.4, -0.2) is 19.6 Å². The average Bonchev–Trinajstić information content (AvgIpc) is 2.35. The van der Waals surface area contributed by atoms with Crippen LogP contribution in [-0.2, 0) is 6.54 Å². The SMILES string of the molecule is CCCCNC(=NC)NCc1ccc(Br)cc1C.I. The van der Waals surface area contributed by atoms with Crippen molar-refractivity contribution in [1.29, 1.82) is 0 Å². The predicted octanol–water partition coefficient (Wildman–Crippen LogP) is 3.84. The minimum atomic E-state index is 0. The Labute approximate surface area is 141 Å². The van der Waals surface area contributed by atoms with E-state index in [1.165, 1.54) is 17.5 Å². The topological polar surface area (TPSA) is 36.4 Å². The molecule has 0 aliphatic heterocycles. The van der Waals surface area contributed by atoms with E-state index in [1.54, 1.807) is 7.05 Å². The molecule has 0 unspecified atom stereocenters. The summed E-state index contributed by atoms with van der Waals surface area (Å²) in [6.07, 6.45) is 2.35. The molecule has 1 aromatic rings. The van der Waals surface area contributed by atoms with Crippen LogP contribution >= 0.6 is 39.9 Å². The lowest BCUT2D eigenvalue weighted by Gasteiger charge is -2.13. The number of nitrogens with one attached hydrogen (secondary N) is 2. The van der Waals surface area contributed by atoms with Crippen molar-refractivity contribution in [2.24, 2.45) is 4.99 Å². The highest BCUT2D eigenvalue weighted by molar-refractivity contribution is 14.0. The first-order chi connectivity index (χ1) is 8.67. The summed E-state index contributed by atoms with van der Waals surface area (Å²) in [6.45, 7) is 6.07. The summed E-state index contributed by atoms with van der Waals surface area (Å²) >= 11 is 3.48. The molecule has 0 spiro atoms. The van der Waals surface area contributed by atoms with E-state index in [0.717, 1.165) is 29.9 Å². The second kappa shape index (κ2) is 10.5. The third kappa shape index (κ3) is 7.15. The molecule has 0 amide bonds. The molecule has 5 heteroatoms. The molecule has 0 aromatic heterocycles. The van der Waals surface area contributed by atoms with Crippen LogP contribution in [0.3, 0.4) is 0 Å². The molecule has 0 radical (unpaired) electrons. The maximum Gasteiger partial charge on any atom is 0.191 e. The minimum Gasteiger partial charge on any atom is -0.356 e. The first-order valence-corrected chi connectivity index (χ1v) is 7.16. The maximum atomic E-state index is 4.21. The summed E-state index contributed by atoms with van der Waals surface area (Å²) in [4.78, 5) is 4.21. The molecule has 0 saturated carbocycles. The lowest BCUT2D eigenvalue weighted by atomic mass is 10.1. The van der Waals surface area contributed by atoms with Gasteiger partial charge in [-0.05, 0) is 36.6 Å². The van der Waals surface area contributed by atoms with Gasteiger partial charge in [-0.2, -0.15) is 0 Å². The molecular weight excluding hydrogens is 417 g/mol. The lowest BCUT2D eigenvalue weighted by Crippen LogP contribution is -2.37. The summed E-state index contributed by atoms with van der Waals surface area (Å²) in [5.74, 6) is 0.866. The number of benzene rings is 1. The molecule has 0 aliphatic carbocycles. The smallest absolute Gasteiger partial charge is 0.191 e. The molecule has 1 rings (SSSR count). The Bertz CT molecular complexity index is 408. The number of guanidine groups is 1. The van der Waals surface area contributed by atoms with Crippen LogP contribution in [0.4, 0.5) is 0 Å². The molecule has 0 heterocycles. The Balaban J connectivity index is 0.00000324. The van der Waals surface area contributed by atoms with E-state index in [0.29, 0.717) is 0 Å². The number of nitrogens with zero attached hydrogens (tertiary/aromatic N) is 1. The van der Waals surface area contributed by atoms with Crippen molar-refractivity contribution < 1.29 is 0 Å². The maximum absolute atomic E-state index is 4.21. The number of aliphatic imine (C=N–C) groups is 1. The Morgan fingerprint density at radius 3 is 2.63 bits per heavy atom. The zero-order chi connectivity index (χ0) is 13.4.